The van der Waals surface area contributed by atoms with Gasteiger partial charge < -0.3 is 0 Å². The molecule has 4 heteroatoms. The summed E-state index contributed by atoms with van der Waals surface area (Å²) in [7, 11) is 1.71. The first-order chi connectivity index (χ1) is 14.9. The minimum Gasteiger partial charge on any atom is -0.291 e. The molecular weight excluding hydrogens is 399 g/mol. The highest BCUT2D eigenvalue weighted by molar-refractivity contribution is 7.45. The predicted molar refractivity (Wildman–Crippen MR) is 132 cm³/mol. The molecule has 0 spiro atoms. The second-order valence-electron chi connectivity index (χ2n) is 9.15. The Balaban J connectivity index is 1.55. The van der Waals surface area contributed by atoms with E-state index in [2.05, 4.69) is 52.5 Å². The molecular formula is C26H37N2PSi. The summed E-state index contributed by atoms with van der Waals surface area (Å²) in [6.45, 7) is 0. The Bertz CT molecular complexity index is 709. The minimum atomic E-state index is 0.337. The van der Waals surface area contributed by atoms with Crippen molar-refractivity contribution in [2.24, 2.45) is 11.8 Å². The maximum absolute atomic E-state index is 4.60. The molecule has 1 heterocycles. The highest BCUT2D eigenvalue weighted by Crippen LogP contribution is 2.44. The molecule has 4 rings (SSSR count). The fourth-order valence-corrected chi connectivity index (χ4v) is 9.24. The average molecular weight is 437 g/mol. The monoisotopic (exact) mass is 436 g/mol. The van der Waals surface area contributed by atoms with Gasteiger partial charge in [-0.25, -0.2) is 0 Å². The Morgan fingerprint density at radius 3 is 2.07 bits per heavy atom. The molecule has 2 aromatic rings. The summed E-state index contributed by atoms with van der Waals surface area (Å²) in [5.74, 6) is 1.71. The van der Waals surface area contributed by atoms with Crippen molar-refractivity contribution in [2.45, 2.75) is 81.8 Å². The molecule has 2 aliphatic rings. The molecule has 1 unspecified atom stereocenters. The zero-order valence-corrected chi connectivity index (χ0v) is 20.3. The van der Waals surface area contributed by atoms with Crippen molar-refractivity contribution in [3.8, 4) is 0 Å². The van der Waals surface area contributed by atoms with E-state index >= 15 is 0 Å². The molecule has 1 aromatic heterocycles. The maximum Gasteiger partial charge on any atom is 0.0668 e. The lowest BCUT2D eigenvalue weighted by Crippen LogP contribution is -2.59. The van der Waals surface area contributed by atoms with Crippen molar-refractivity contribution in [3.05, 3.63) is 60.4 Å². The van der Waals surface area contributed by atoms with Crippen LogP contribution in [0.5, 0.6) is 0 Å². The smallest absolute Gasteiger partial charge is 0.0668 e. The molecule has 1 atom stereocenters. The van der Waals surface area contributed by atoms with Gasteiger partial charge in [0.15, 0.2) is 0 Å². The van der Waals surface area contributed by atoms with E-state index in [-0.39, 0.29) is 0 Å². The zero-order valence-electron chi connectivity index (χ0n) is 18.3. The van der Waals surface area contributed by atoms with Gasteiger partial charge in [-0.15, -0.1) is 0 Å². The molecule has 2 radical (unpaired) electrons. The van der Waals surface area contributed by atoms with Crippen LogP contribution in [0.1, 0.15) is 69.9 Å². The molecule has 160 valence electrons. The number of aromatic nitrogens is 1. The molecule has 30 heavy (non-hydrogen) atoms. The molecule has 2 fully saturated rings. The third-order valence-corrected chi connectivity index (χ3v) is 10.6. The molecule has 2 nitrogen and oxygen atoms in total. The number of aryl methyl sites for hydroxylation is 1. The first-order valence-corrected chi connectivity index (χ1v) is 14.3. The van der Waals surface area contributed by atoms with Gasteiger partial charge >= 0.3 is 0 Å². The van der Waals surface area contributed by atoms with Gasteiger partial charge in [0.25, 0.3) is 0 Å². The highest BCUT2D eigenvalue weighted by Gasteiger charge is 2.45. The first-order valence-electron chi connectivity index (χ1n) is 12.1. The quantitative estimate of drug-likeness (QED) is 0.379. The van der Waals surface area contributed by atoms with Gasteiger partial charge in [0, 0.05) is 17.1 Å². The first kappa shape index (κ1) is 22.2. The van der Waals surface area contributed by atoms with Crippen LogP contribution >= 0.6 is 8.73 Å². The summed E-state index contributed by atoms with van der Waals surface area (Å²) < 4.78 is 0. The molecule has 1 N–H and O–H groups in total. The number of pyridine rings is 1. The standard InChI is InChI=1S/C26H37N2PSi/c1-4-12-22(13-5-1)26(23-14-6-2-7-15-23,28-29-25-17-8-3-9-18-25)30-21-19-24-16-10-11-20-27-24/h3,8-11,16-18,20,22-23,28-29H,1-2,4-7,12-15,19,21H2. The normalized spacial score (nSPS) is 19.5. The third-order valence-electron chi connectivity index (χ3n) is 7.21. The zero-order chi connectivity index (χ0) is 20.5. The van der Waals surface area contributed by atoms with Crippen LogP contribution in [0.25, 0.3) is 0 Å². The maximum atomic E-state index is 4.60. The summed E-state index contributed by atoms with van der Waals surface area (Å²) >= 11 is 0. The fraction of sp³-hybridized carbons (Fsp3) is 0.577. The van der Waals surface area contributed by atoms with Gasteiger partial charge in [-0.3, -0.25) is 10.1 Å². The van der Waals surface area contributed by atoms with Crippen LogP contribution in [-0.4, -0.2) is 19.7 Å². The molecule has 0 saturated heterocycles. The molecule has 0 aliphatic heterocycles. The summed E-state index contributed by atoms with van der Waals surface area (Å²) in [4.78, 5) is 4.60. The van der Waals surface area contributed by atoms with Crippen LogP contribution in [0.15, 0.2) is 54.7 Å². The lowest BCUT2D eigenvalue weighted by atomic mass is 9.73. The van der Waals surface area contributed by atoms with Crippen LogP contribution in [0.3, 0.4) is 0 Å². The Morgan fingerprint density at radius 2 is 1.47 bits per heavy atom. The van der Waals surface area contributed by atoms with Gasteiger partial charge in [0.2, 0.25) is 0 Å². The van der Waals surface area contributed by atoms with Crippen molar-refractivity contribution in [2.75, 3.05) is 0 Å². The van der Waals surface area contributed by atoms with Crippen LogP contribution in [0.2, 0.25) is 6.04 Å². The van der Waals surface area contributed by atoms with Crippen LogP contribution < -0.4 is 10.4 Å². The lowest BCUT2D eigenvalue weighted by Gasteiger charge is -2.50. The number of nitrogens with one attached hydrogen (secondary N) is 1. The van der Waals surface area contributed by atoms with E-state index in [9.17, 15) is 0 Å². The van der Waals surface area contributed by atoms with Gasteiger partial charge in [-0.05, 0) is 70.1 Å². The Kier molecular flexibility index (Phi) is 8.54. The SMILES string of the molecule is c1ccc(PNC([Si]CCc2ccccn2)(C2CCCCC2)C2CCCCC2)cc1. The Labute approximate surface area is 187 Å². The van der Waals surface area contributed by atoms with Crippen LogP contribution in [0.4, 0.5) is 0 Å². The van der Waals surface area contributed by atoms with Crippen LogP contribution in [-0.2, 0) is 6.42 Å². The number of hydrogen-bond acceptors (Lipinski definition) is 2. The van der Waals surface area contributed by atoms with E-state index in [4.69, 9.17) is 0 Å². The summed E-state index contributed by atoms with van der Waals surface area (Å²) in [6.07, 6.45) is 17.4. The second-order valence-corrected chi connectivity index (χ2v) is 11.9. The van der Waals surface area contributed by atoms with Crippen LogP contribution in [0, 0.1) is 11.8 Å². The van der Waals surface area contributed by atoms with Gasteiger partial charge in [-0.1, -0.05) is 81.0 Å². The van der Waals surface area contributed by atoms with Crippen molar-refractivity contribution in [1.29, 1.82) is 0 Å². The van der Waals surface area contributed by atoms with E-state index in [0.717, 1.165) is 36.5 Å². The van der Waals surface area contributed by atoms with E-state index in [1.807, 2.05) is 12.3 Å². The Morgan fingerprint density at radius 1 is 0.833 bits per heavy atom. The van der Waals surface area contributed by atoms with Crippen molar-refractivity contribution in [1.82, 2.24) is 10.1 Å². The number of nitrogens with zero attached hydrogens (tertiary/aromatic N) is 1. The van der Waals surface area contributed by atoms with Crippen molar-refractivity contribution < 1.29 is 0 Å². The third kappa shape index (κ3) is 5.81. The summed E-state index contributed by atoms with van der Waals surface area (Å²) in [5.41, 5.74) is 1.26. The molecule has 0 amide bonds. The van der Waals surface area contributed by atoms with Gasteiger partial charge in [-0.2, -0.15) is 0 Å². The van der Waals surface area contributed by atoms with Crippen molar-refractivity contribution in [3.63, 3.8) is 0 Å². The van der Waals surface area contributed by atoms with E-state index in [1.54, 1.807) is 0 Å². The topological polar surface area (TPSA) is 24.9 Å². The number of hydrogen-bond donors (Lipinski definition) is 1. The van der Waals surface area contributed by atoms with E-state index in [1.165, 1.54) is 81.3 Å². The predicted octanol–water partition coefficient (Wildman–Crippen LogP) is 6.11. The average Bonchev–Trinajstić information content (AvgIpc) is 2.84. The van der Waals surface area contributed by atoms with Crippen molar-refractivity contribution >= 4 is 23.6 Å². The molecule has 2 aliphatic carbocycles. The molecule has 1 aromatic carbocycles. The van der Waals surface area contributed by atoms with E-state index < -0.39 is 0 Å². The molecule has 0 bridgehead atoms. The second kappa shape index (κ2) is 11.6. The number of benzene rings is 1. The lowest BCUT2D eigenvalue weighted by molar-refractivity contribution is 0.157. The fourth-order valence-electron chi connectivity index (χ4n) is 5.63. The highest BCUT2D eigenvalue weighted by atomic mass is 31.1. The molecule has 2 saturated carbocycles. The minimum absolute atomic E-state index is 0.337. The largest absolute Gasteiger partial charge is 0.291 e. The van der Waals surface area contributed by atoms with Gasteiger partial charge in [0.1, 0.15) is 0 Å². The summed E-state index contributed by atoms with van der Waals surface area (Å²) in [6, 6.07) is 18.8. The van der Waals surface area contributed by atoms with Gasteiger partial charge in [0.05, 0.1) is 9.52 Å². The van der Waals surface area contributed by atoms with E-state index in [0.29, 0.717) is 5.16 Å². The Hall–Kier alpha value is -1.02. The summed E-state index contributed by atoms with van der Waals surface area (Å²) in [5, 5.41) is 6.09. The number of rotatable bonds is 9.